The normalized spacial score (nSPS) is 18.2. The Morgan fingerprint density at radius 3 is 2.78 bits per heavy atom. The second-order valence-electron chi connectivity index (χ2n) is 8.61. The number of benzene rings is 2. The van der Waals surface area contributed by atoms with E-state index >= 15 is 0 Å². The molecule has 2 aromatic carbocycles. The van der Waals surface area contributed by atoms with Crippen molar-refractivity contribution in [3.05, 3.63) is 76.3 Å². The van der Waals surface area contributed by atoms with Gasteiger partial charge in [-0.1, -0.05) is 42.5 Å². The maximum Gasteiger partial charge on any atom is 0.261 e. The smallest absolute Gasteiger partial charge is 0.261 e. The summed E-state index contributed by atoms with van der Waals surface area (Å²) in [6.45, 7) is 2.99. The van der Waals surface area contributed by atoms with Gasteiger partial charge in [0.05, 0.1) is 17.2 Å². The van der Waals surface area contributed by atoms with Gasteiger partial charge in [0.2, 0.25) is 5.91 Å². The van der Waals surface area contributed by atoms with Gasteiger partial charge in [-0.3, -0.25) is 25.0 Å². The number of hydrazine groups is 1. The van der Waals surface area contributed by atoms with Gasteiger partial charge in [0, 0.05) is 38.6 Å². The molecule has 1 saturated heterocycles. The van der Waals surface area contributed by atoms with Crippen molar-refractivity contribution in [1.82, 2.24) is 25.3 Å². The molecule has 0 saturated carbocycles. The predicted octanol–water partition coefficient (Wildman–Crippen LogP) is 2.94. The van der Waals surface area contributed by atoms with E-state index in [-0.39, 0.29) is 17.9 Å². The van der Waals surface area contributed by atoms with Crippen LogP contribution < -0.4 is 16.4 Å². The van der Waals surface area contributed by atoms with Gasteiger partial charge in [0.15, 0.2) is 0 Å². The first-order chi connectivity index (χ1) is 15.5. The molecule has 1 aliphatic rings. The van der Waals surface area contributed by atoms with E-state index in [1.807, 2.05) is 32.2 Å². The second kappa shape index (κ2) is 10.1. The molecule has 4 rings (SSSR count). The number of para-hydroxylation sites is 1. The first-order valence-corrected chi connectivity index (χ1v) is 11.3. The number of fused-ring (bicyclic) bond motifs is 1. The summed E-state index contributed by atoms with van der Waals surface area (Å²) < 4.78 is 1.53. The molecule has 2 atom stereocenters. The van der Waals surface area contributed by atoms with Crippen LogP contribution in [0.2, 0.25) is 0 Å². The van der Waals surface area contributed by atoms with Crippen molar-refractivity contribution in [1.29, 1.82) is 0 Å². The standard InChI is InChI=1S/C25H31N5O2/c1-18-8-6-12-21-24(18)26-17-30(25(21)32)15-13-23(31)29(2)14-7-11-20-16-22(28-27-20)19-9-4-3-5-10-19/h3-6,8-10,12,17,20,22,27-28H,7,11,13-16H2,1-2H3. The Kier molecular flexibility index (Phi) is 6.97. The molecule has 2 unspecified atom stereocenters. The number of aromatic nitrogens is 2. The Balaban J connectivity index is 1.22. The molecule has 1 fully saturated rings. The summed E-state index contributed by atoms with van der Waals surface area (Å²) in [7, 11) is 1.83. The number of hydrogen-bond donors (Lipinski definition) is 2. The fourth-order valence-corrected chi connectivity index (χ4v) is 4.32. The highest BCUT2D eigenvalue weighted by atomic mass is 16.2. The summed E-state index contributed by atoms with van der Waals surface area (Å²) in [6.07, 6.45) is 4.81. The molecular weight excluding hydrogens is 402 g/mol. The summed E-state index contributed by atoms with van der Waals surface area (Å²) in [5, 5.41) is 0.597. The third kappa shape index (κ3) is 5.06. The van der Waals surface area contributed by atoms with Crippen molar-refractivity contribution in [2.24, 2.45) is 0 Å². The van der Waals surface area contributed by atoms with E-state index in [1.54, 1.807) is 17.3 Å². The van der Waals surface area contributed by atoms with Crippen molar-refractivity contribution in [2.45, 2.75) is 51.2 Å². The van der Waals surface area contributed by atoms with Crippen LogP contribution in [0, 0.1) is 6.92 Å². The largest absolute Gasteiger partial charge is 0.346 e. The van der Waals surface area contributed by atoms with Crippen LogP contribution >= 0.6 is 0 Å². The van der Waals surface area contributed by atoms with E-state index in [9.17, 15) is 9.59 Å². The van der Waals surface area contributed by atoms with Crippen LogP contribution in [-0.4, -0.2) is 40.0 Å². The first-order valence-electron chi connectivity index (χ1n) is 11.3. The van der Waals surface area contributed by atoms with E-state index in [0.717, 1.165) is 30.3 Å². The fraction of sp³-hybridized carbons (Fsp3) is 0.400. The molecule has 1 aromatic heterocycles. The van der Waals surface area contributed by atoms with Crippen LogP contribution in [0.15, 0.2) is 59.7 Å². The van der Waals surface area contributed by atoms with Gasteiger partial charge < -0.3 is 4.90 Å². The van der Waals surface area contributed by atoms with Crippen molar-refractivity contribution in [2.75, 3.05) is 13.6 Å². The van der Waals surface area contributed by atoms with Gasteiger partial charge in [0.25, 0.3) is 5.56 Å². The minimum atomic E-state index is -0.0954. The second-order valence-corrected chi connectivity index (χ2v) is 8.61. The molecule has 7 nitrogen and oxygen atoms in total. The first kappa shape index (κ1) is 22.2. The molecule has 168 valence electrons. The van der Waals surface area contributed by atoms with Crippen LogP contribution in [0.4, 0.5) is 0 Å². The Morgan fingerprint density at radius 1 is 1.16 bits per heavy atom. The summed E-state index contributed by atoms with van der Waals surface area (Å²) in [6, 6.07) is 16.8. The summed E-state index contributed by atoms with van der Waals surface area (Å²) in [5.74, 6) is 0.0425. The molecule has 1 amide bonds. The minimum absolute atomic E-state index is 0.0425. The average molecular weight is 434 g/mol. The highest BCUT2D eigenvalue weighted by molar-refractivity contribution is 5.80. The van der Waals surface area contributed by atoms with Gasteiger partial charge >= 0.3 is 0 Å². The van der Waals surface area contributed by atoms with E-state index in [4.69, 9.17) is 0 Å². The van der Waals surface area contributed by atoms with Crippen molar-refractivity contribution < 1.29 is 4.79 Å². The molecule has 7 heteroatoms. The van der Waals surface area contributed by atoms with Gasteiger partial charge in [-0.2, -0.15) is 0 Å². The van der Waals surface area contributed by atoms with E-state index in [0.29, 0.717) is 30.6 Å². The lowest BCUT2D eigenvalue weighted by Crippen LogP contribution is -2.33. The zero-order valence-electron chi connectivity index (χ0n) is 18.8. The number of rotatable bonds is 8. The van der Waals surface area contributed by atoms with Crippen molar-refractivity contribution >= 4 is 16.8 Å². The Bertz CT molecular complexity index is 1130. The third-order valence-corrected chi connectivity index (χ3v) is 6.28. The number of aryl methyl sites for hydroxylation is 2. The van der Waals surface area contributed by atoms with Crippen LogP contribution in [0.1, 0.15) is 42.9 Å². The van der Waals surface area contributed by atoms with Gasteiger partial charge in [-0.15, -0.1) is 0 Å². The molecule has 1 aliphatic heterocycles. The molecule has 0 bridgehead atoms. The maximum atomic E-state index is 12.7. The van der Waals surface area contributed by atoms with Crippen LogP contribution in [-0.2, 0) is 11.3 Å². The lowest BCUT2D eigenvalue weighted by atomic mass is 10.00. The van der Waals surface area contributed by atoms with E-state index < -0.39 is 0 Å². The van der Waals surface area contributed by atoms with Gasteiger partial charge in [-0.05, 0) is 43.4 Å². The monoisotopic (exact) mass is 433 g/mol. The number of carbonyl (C=O) groups excluding carboxylic acids is 1. The number of nitrogens with one attached hydrogen (secondary N) is 2. The zero-order chi connectivity index (χ0) is 22.5. The van der Waals surface area contributed by atoms with Crippen molar-refractivity contribution in [3.8, 4) is 0 Å². The lowest BCUT2D eigenvalue weighted by Gasteiger charge is -2.18. The third-order valence-electron chi connectivity index (χ3n) is 6.28. The quantitative estimate of drug-likeness (QED) is 0.571. The molecular formula is C25H31N5O2. The maximum absolute atomic E-state index is 12.7. The van der Waals surface area contributed by atoms with Crippen LogP contribution in [0.5, 0.6) is 0 Å². The fourth-order valence-electron chi connectivity index (χ4n) is 4.32. The molecule has 2 N–H and O–H groups in total. The predicted molar refractivity (Wildman–Crippen MR) is 126 cm³/mol. The summed E-state index contributed by atoms with van der Waals surface area (Å²) in [4.78, 5) is 31.4. The topological polar surface area (TPSA) is 79.3 Å². The highest BCUT2D eigenvalue weighted by Crippen LogP contribution is 2.23. The summed E-state index contributed by atoms with van der Waals surface area (Å²) >= 11 is 0. The molecule has 0 aliphatic carbocycles. The van der Waals surface area contributed by atoms with Gasteiger partial charge in [-0.25, -0.2) is 4.98 Å². The Morgan fingerprint density at radius 2 is 1.97 bits per heavy atom. The number of amides is 1. The molecule has 2 heterocycles. The number of nitrogens with zero attached hydrogens (tertiary/aromatic N) is 3. The summed E-state index contributed by atoms with van der Waals surface area (Å²) in [5.41, 5.74) is 9.66. The van der Waals surface area contributed by atoms with Crippen LogP contribution in [0.25, 0.3) is 10.9 Å². The minimum Gasteiger partial charge on any atom is -0.346 e. The highest BCUT2D eigenvalue weighted by Gasteiger charge is 2.24. The Labute approximate surface area is 188 Å². The molecule has 0 radical (unpaired) electrons. The zero-order valence-corrected chi connectivity index (χ0v) is 18.8. The number of carbonyl (C=O) groups is 1. The van der Waals surface area contributed by atoms with Gasteiger partial charge in [0.1, 0.15) is 0 Å². The SMILES string of the molecule is Cc1cccc2c(=O)n(CCC(=O)N(C)CCCC3CC(c4ccccc4)NN3)cnc12. The molecule has 0 spiro atoms. The number of hydrogen-bond acceptors (Lipinski definition) is 5. The lowest BCUT2D eigenvalue weighted by molar-refractivity contribution is -0.130. The van der Waals surface area contributed by atoms with E-state index in [1.165, 1.54) is 10.1 Å². The average Bonchev–Trinajstić information content (AvgIpc) is 3.28. The van der Waals surface area contributed by atoms with Crippen LogP contribution in [0.3, 0.4) is 0 Å². The van der Waals surface area contributed by atoms with Crippen molar-refractivity contribution in [3.63, 3.8) is 0 Å². The van der Waals surface area contributed by atoms with E-state index in [2.05, 4.69) is 40.1 Å². The molecule has 3 aromatic rings. The molecule has 32 heavy (non-hydrogen) atoms. The Hall–Kier alpha value is -3.03.